The van der Waals surface area contributed by atoms with E-state index < -0.39 is 24.2 Å². The molecule has 0 spiro atoms. The molecule has 0 aromatic rings. The van der Waals surface area contributed by atoms with Gasteiger partial charge in [0.2, 0.25) is 5.91 Å². The topological polar surface area (TPSA) is 89.8 Å². The number of amides is 1. The molecule has 248 valence electrons. The number of rotatable bonds is 32. The van der Waals surface area contributed by atoms with Crippen LogP contribution >= 0.6 is 0 Å². The number of allylic oxidation sites excluding steroid dienone is 3. The van der Waals surface area contributed by atoms with E-state index in [9.17, 15) is 20.1 Å². The van der Waals surface area contributed by atoms with Crippen molar-refractivity contribution in [2.24, 2.45) is 0 Å². The van der Waals surface area contributed by atoms with Crippen LogP contribution in [0.4, 0.5) is 0 Å². The molecule has 1 amide bonds. The fraction of sp³-hybridized carbons (Fsp3) is 0.865. The molecule has 0 radical (unpaired) electrons. The average molecular weight is 594 g/mol. The van der Waals surface area contributed by atoms with Crippen molar-refractivity contribution in [3.63, 3.8) is 0 Å². The highest BCUT2D eigenvalue weighted by atomic mass is 16.3. The molecular weight excluding hydrogens is 522 g/mol. The number of hydrogen-bond donors (Lipinski definition) is 4. The Hall–Kier alpha value is -1.17. The van der Waals surface area contributed by atoms with Crippen LogP contribution in [0.5, 0.6) is 0 Å². The average Bonchev–Trinajstić information content (AvgIpc) is 2.99. The van der Waals surface area contributed by atoms with Crippen LogP contribution in [0, 0.1) is 0 Å². The van der Waals surface area contributed by atoms with E-state index in [0.717, 1.165) is 32.1 Å². The first-order valence-electron chi connectivity index (χ1n) is 18.2. The minimum Gasteiger partial charge on any atom is -0.394 e. The summed E-state index contributed by atoms with van der Waals surface area (Å²) in [6.07, 6.45) is 37.7. The predicted molar refractivity (Wildman–Crippen MR) is 181 cm³/mol. The third-order valence-corrected chi connectivity index (χ3v) is 8.29. The van der Waals surface area contributed by atoms with E-state index in [4.69, 9.17) is 0 Å². The number of carbonyl (C=O) groups excluding carboxylic acids is 1. The van der Waals surface area contributed by atoms with Gasteiger partial charge >= 0.3 is 0 Å². The standard InChI is InChI=1S/C37H71NO4/c1-3-5-7-9-11-13-14-15-16-17-18-19-20-21-22-24-26-28-30-32-36(41)37(42)38-34(33-39)35(40)31-29-27-25-23-12-10-8-6-4-2/h18-19,29,31,34-36,39-41H,3-17,20-28,30,32-33H2,1-2H3,(H,38,42)/b19-18-,31-29+. The molecule has 42 heavy (non-hydrogen) atoms. The Morgan fingerprint density at radius 3 is 1.38 bits per heavy atom. The van der Waals surface area contributed by atoms with Crippen molar-refractivity contribution in [2.75, 3.05) is 6.61 Å². The lowest BCUT2D eigenvalue weighted by atomic mass is 10.0. The molecule has 0 saturated heterocycles. The Morgan fingerprint density at radius 2 is 0.952 bits per heavy atom. The van der Waals surface area contributed by atoms with Gasteiger partial charge in [0.05, 0.1) is 18.8 Å². The Morgan fingerprint density at radius 1 is 0.571 bits per heavy atom. The highest BCUT2D eigenvalue weighted by Gasteiger charge is 2.22. The van der Waals surface area contributed by atoms with Crippen molar-refractivity contribution in [1.29, 1.82) is 0 Å². The van der Waals surface area contributed by atoms with Crippen molar-refractivity contribution in [3.05, 3.63) is 24.3 Å². The first-order chi connectivity index (χ1) is 20.6. The summed E-state index contributed by atoms with van der Waals surface area (Å²) in [5.74, 6) is -0.511. The SMILES string of the molecule is CCCCCCCCC/C=C/C(O)C(CO)NC(=O)C(O)CCCCCCCC/C=C\CCCCCCCCCCC. The maximum Gasteiger partial charge on any atom is 0.249 e. The highest BCUT2D eigenvalue weighted by molar-refractivity contribution is 5.80. The van der Waals surface area contributed by atoms with E-state index in [1.54, 1.807) is 6.08 Å². The third kappa shape index (κ3) is 27.7. The lowest BCUT2D eigenvalue weighted by Gasteiger charge is -2.21. The van der Waals surface area contributed by atoms with Gasteiger partial charge in [0, 0.05) is 0 Å². The lowest BCUT2D eigenvalue weighted by Crippen LogP contribution is -2.48. The van der Waals surface area contributed by atoms with Gasteiger partial charge in [-0.05, 0) is 44.9 Å². The van der Waals surface area contributed by atoms with E-state index in [1.807, 2.05) is 6.08 Å². The molecule has 0 aliphatic carbocycles. The van der Waals surface area contributed by atoms with E-state index in [2.05, 4.69) is 31.3 Å². The summed E-state index contributed by atoms with van der Waals surface area (Å²) < 4.78 is 0. The quantitative estimate of drug-likeness (QED) is 0.0462. The molecule has 0 heterocycles. The van der Waals surface area contributed by atoms with Crippen LogP contribution in [0.15, 0.2) is 24.3 Å². The van der Waals surface area contributed by atoms with Gasteiger partial charge in [-0.15, -0.1) is 0 Å². The smallest absolute Gasteiger partial charge is 0.249 e. The van der Waals surface area contributed by atoms with Crippen LogP contribution in [0.25, 0.3) is 0 Å². The summed E-state index contributed by atoms with van der Waals surface area (Å²) in [5, 5.41) is 32.8. The van der Waals surface area contributed by atoms with Crippen molar-refractivity contribution < 1.29 is 20.1 Å². The Balaban J connectivity index is 3.70. The maximum atomic E-state index is 12.3. The Bertz CT molecular complexity index is 621. The molecule has 4 N–H and O–H groups in total. The van der Waals surface area contributed by atoms with E-state index in [-0.39, 0.29) is 6.61 Å². The summed E-state index contributed by atoms with van der Waals surface area (Å²) in [5.41, 5.74) is 0. The van der Waals surface area contributed by atoms with Crippen molar-refractivity contribution in [3.8, 4) is 0 Å². The number of aliphatic hydroxyl groups excluding tert-OH is 3. The molecular formula is C37H71NO4. The number of carbonyl (C=O) groups is 1. The Labute approximate surface area is 261 Å². The summed E-state index contributed by atoms with van der Waals surface area (Å²) in [6.45, 7) is 4.13. The second-order valence-electron chi connectivity index (χ2n) is 12.4. The zero-order valence-electron chi connectivity index (χ0n) is 27.9. The molecule has 5 nitrogen and oxygen atoms in total. The molecule has 0 fully saturated rings. The van der Waals surface area contributed by atoms with Gasteiger partial charge in [-0.1, -0.05) is 160 Å². The summed E-state index contributed by atoms with van der Waals surface area (Å²) in [7, 11) is 0. The van der Waals surface area contributed by atoms with Gasteiger partial charge in [0.1, 0.15) is 6.10 Å². The van der Waals surface area contributed by atoms with Gasteiger partial charge in [-0.2, -0.15) is 0 Å². The molecule has 5 heteroatoms. The van der Waals surface area contributed by atoms with Gasteiger partial charge in [0.25, 0.3) is 0 Å². The molecule has 0 rings (SSSR count). The summed E-state index contributed by atoms with van der Waals surface area (Å²) in [6, 6.07) is -0.795. The van der Waals surface area contributed by atoms with Gasteiger partial charge in [-0.3, -0.25) is 4.79 Å². The van der Waals surface area contributed by atoms with Gasteiger partial charge < -0.3 is 20.6 Å². The second-order valence-corrected chi connectivity index (χ2v) is 12.4. The molecule has 0 aromatic heterocycles. The van der Waals surface area contributed by atoms with Crippen LogP contribution in [0.1, 0.15) is 181 Å². The fourth-order valence-electron chi connectivity index (χ4n) is 5.35. The Kier molecular flexibility index (Phi) is 31.8. The first-order valence-corrected chi connectivity index (χ1v) is 18.2. The fourth-order valence-corrected chi connectivity index (χ4v) is 5.35. The second kappa shape index (κ2) is 32.7. The number of aliphatic hydroxyl groups is 3. The van der Waals surface area contributed by atoms with Gasteiger partial charge in [0.15, 0.2) is 0 Å². The number of nitrogens with one attached hydrogen (secondary N) is 1. The molecule has 0 aliphatic rings. The largest absolute Gasteiger partial charge is 0.394 e. The predicted octanol–water partition coefficient (Wildman–Crippen LogP) is 9.48. The van der Waals surface area contributed by atoms with Gasteiger partial charge in [-0.25, -0.2) is 0 Å². The van der Waals surface area contributed by atoms with Crippen molar-refractivity contribution >= 4 is 5.91 Å². The van der Waals surface area contributed by atoms with Crippen LogP contribution < -0.4 is 5.32 Å². The molecule has 0 saturated carbocycles. The molecule has 3 atom stereocenters. The van der Waals surface area contributed by atoms with Crippen LogP contribution in [0.3, 0.4) is 0 Å². The zero-order chi connectivity index (χ0) is 30.9. The zero-order valence-corrected chi connectivity index (χ0v) is 27.9. The summed E-state index contributed by atoms with van der Waals surface area (Å²) >= 11 is 0. The molecule has 3 unspecified atom stereocenters. The van der Waals surface area contributed by atoms with Crippen LogP contribution in [0.2, 0.25) is 0 Å². The lowest BCUT2D eigenvalue weighted by molar-refractivity contribution is -0.131. The van der Waals surface area contributed by atoms with Crippen LogP contribution in [-0.2, 0) is 4.79 Å². The van der Waals surface area contributed by atoms with E-state index >= 15 is 0 Å². The monoisotopic (exact) mass is 594 g/mol. The molecule has 0 bridgehead atoms. The number of unbranched alkanes of at least 4 members (excludes halogenated alkanes) is 22. The minimum absolute atomic E-state index is 0.365. The number of hydrogen-bond acceptors (Lipinski definition) is 4. The highest BCUT2D eigenvalue weighted by Crippen LogP contribution is 2.13. The third-order valence-electron chi connectivity index (χ3n) is 8.29. The van der Waals surface area contributed by atoms with E-state index in [0.29, 0.717) is 6.42 Å². The first kappa shape index (κ1) is 40.8. The van der Waals surface area contributed by atoms with Crippen molar-refractivity contribution in [1.82, 2.24) is 5.32 Å². The maximum absolute atomic E-state index is 12.3. The van der Waals surface area contributed by atoms with Crippen molar-refractivity contribution in [2.45, 2.75) is 199 Å². The normalized spacial score (nSPS) is 14.1. The minimum atomic E-state index is -1.10. The summed E-state index contributed by atoms with van der Waals surface area (Å²) in [4.78, 5) is 12.3. The van der Waals surface area contributed by atoms with E-state index in [1.165, 1.54) is 128 Å². The molecule has 0 aliphatic heterocycles. The van der Waals surface area contributed by atoms with Crippen LogP contribution in [-0.4, -0.2) is 46.1 Å². The molecule has 0 aromatic carbocycles.